The van der Waals surface area contributed by atoms with Crippen molar-refractivity contribution in [2.24, 2.45) is 0 Å². The minimum absolute atomic E-state index is 0.108. The van der Waals surface area contributed by atoms with Crippen molar-refractivity contribution in [2.45, 2.75) is 50.1 Å². The Bertz CT molecular complexity index is 1490. The average Bonchev–Trinajstić information content (AvgIpc) is 3.38. The van der Waals surface area contributed by atoms with E-state index in [2.05, 4.69) is 12.2 Å². The van der Waals surface area contributed by atoms with Gasteiger partial charge in [0.15, 0.2) is 16.7 Å². The number of nitrogens with zero attached hydrogens (tertiary/aromatic N) is 2. The molecule has 1 amide bonds. The number of amides is 1. The van der Waals surface area contributed by atoms with Gasteiger partial charge in [0.2, 0.25) is 12.7 Å². The first-order valence-corrected chi connectivity index (χ1v) is 13.4. The fourth-order valence-corrected chi connectivity index (χ4v) is 5.42. The molecule has 8 heteroatoms. The number of nitrogens with one attached hydrogen (secondary N) is 1. The average molecular weight is 516 g/mol. The van der Waals surface area contributed by atoms with E-state index in [1.807, 2.05) is 61.5 Å². The minimum atomic E-state index is -0.425. The first-order chi connectivity index (χ1) is 18.1. The predicted octanol–water partition coefficient (Wildman–Crippen LogP) is 5.44. The number of fused-ring (bicyclic) bond motifs is 2. The zero-order chi connectivity index (χ0) is 25.8. The van der Waals surface area contributed by atoms with Crippen LogP contribution in [0.3, 0.4) is 0 Å². The molecule has 7 nitrogen and oxygen atoms in total. The van der Waals surface area contributed by atoms with Gasteiger partial charge in [-0.2, -0.15) is 0 Å². The first-order valence-electron chi connectivity index (χ1n) is 12.5. The van der Waals surface area contributed by atoms with Gasteiger partial charge in [0.05, 0.1) is 16.2 Å². The summed E-state index contributed by atoms with van der Waals surface area (Å²) in [7, 11) is 0. The summed E-state index contributed by atoms with van der Waals surface area (Å²) in [4.78, 5) is 31.9. The van der Waals surface area contributed by atoms with Crippen LogP contribution in [0.2, 0.25) is 0 Å². The number of aromatic nitrogens is 2. The third kappa shape index (κ3) is 5.34. The van der Waals surface area contributed by atoms with Gasteiger partial charge in [-0.25, -0.2) is 4.98 Å². The van der Waals surface area contributed by atoms with Gasteiger partial charge in [-0.1, -0.05) is 74.1 Å². The fourth-order valence-electron chi connectivity index (χ4n) is 4.38. The molecule has 1 aromatic heterocycles. The van der Waals surface area contributed by atoms with Crippen LogP contribution < -0.4 is 20.3 Å². The van der Waals surface area contributed by atoms with Crippen molar-refractivity contribution in [3.8, 4) is 11.5 Å². The zero-order valence-corrected chi connectivity index (χ0v) is 21.7. The number of thioether (sulfide) groups is 1. The van der Waals surface area contributed by atoms with Crippen molar-refractivity contribution in [1.82, 2.24) is 9.55 Å². The topological polar surface area (TPSA) is 82.5 Å². The van der Waals surface area contributed by atoms with Crippen LogP contribution in [0.5, 0.6) is 11.5 Å². The van der Waals surface area contributed by atoms with E-state index in [0.717, 1.165) is 23.2 Å². The van der Waals surface area contributed by atoms with Crippen LogP contribution in [-0.2, 0) is 24.2 Å². The van der Waals surface area contributed by atoms with Crippen LogP contribution in [-0.4, -0.2) is 27.5 Å². The number of carbonyl (C=O) groups is 1. The van der Waals surface area contributed by atoms with Crippen molar-refractivity contribution in [3.05, 3.63) is 88.2 Å². The Labute approximate surface area is 219 Å². The highest BCUT2D eigenvalue weighted by atomic mass is 32.2. The number of rotatable bonds is 9. The van der Waals surface area contributed by atoms with Crippen LogP contribution in [0, 0.1) is 0 Å². The second-order valence-electron chi connectivity index (χ2n) is 8.82. The maximum atomic E-state index is 13.7. The molecule has 0 saturated carbocycles. The Morgan fingerprint density at radius 3 is 2.54 bits per heavy atom. The molecule has 1 aliphatic heterocycles. The molecule has 0 aliphatic carbocycles. The molecule has 0 fully saturated rings. The molecule has 3 aromatic carbocycles. The summed E-state index contributed by atoms with van der Waals surface area (Å²) < 4.78 is 12.7. The summed E-state index contributed by atoms with van der Waals surface area (Å²) in [5, 5.41) is 3.64. The first kappa shape index (κ1) is 24.9. The number of hydrogen-bond donors (Lipinski definition) is 1. The van der Waals surface area contributed by atoms with Crippen LogP contribution in [0.15, 0.2) is 76.7 Å². The number of anilines is 1. The predicted molar refractivity (Wildman–Crippen MR) is 147 cm³/mol. The van der Waals surface area contributed by atoms with Gasteiger partial charge >= 0.3 is 0 Å². The molecule has 5 rings (SSSR count). The van der Waals surface area contributed by atoms with Gasteiger partial charge < -0.3 is 14.8 Å². The highest BCUT2D eigenvalue weighted by molar-refractivity contribution is 8.00. The maximum Gasteiger partial charge on any atom is 0.262 e. The third-order valence-corrected chi connectivity index (χ3v) is 7.80. The molecular weight excluding hydrogens is 486 g/mol. The monoisotopic (exact) mass is 515 g/mol. The van der Waals surface area contributed by atoms with Crippen LogP contribution in [0.25, 0.3) is 10.9 Å². The van der Waals surface area contributed by atoms with Crippen LogP contribution in [0.1, 0.15) is 31.4 Å². The van der Waals surface area contributed by atoms with E-state index >= 15 is 0 Å². The fraction of sp³-hybridized carbons (Fsp3) is 0.276. The minimum Gasteiger partial charge on any atom is -0.454 e. The van der Waals surface area contributed by atoms with Gasteiger partial charge in [0.1, 0.15) is 0 Å². The van der Waals surface area contributed by atoms with Gasteiger partial charge in [0.25, 0.3) is 5.56 Å². The number of para-hydroxylation sites is 1. The highest BCUT2D eigenvalue weighted by Gasteiger charge is 2.24. The molecule has 190 valence electrons. The maximum absolute atomic E-state index is 13.7. The molecule has 1 N–H and O–H groups in total. The number of carbonyl (C=O) groups excluding carboxylic acids is 1. The second kappa shape index (κ2) is 11.1. The molecule has 0 spiro atoms. The lowest BCUT2D eigenvalue weighted by molar-refractivity contribution is -0.115. The second-order valence-corrected chi connectivity index (χ2v) is 9.99. The zero-order valence-electron chi connectivity index (χ0n) is 20.9. The van der Waals surface area contributed by atoms with Gasteiger partial charge in [-0.15, -0.1) is 0 Å². The van der Waals surface area contributed by atoms with E-state index in [-0.39, 0.29) is 18.3 Å². The highest BCUT2D eigenvalue weighted by Crippen LogP contribution is 2.35. The summed E-state index contributed by atoms with van der Waals surface area (Å²) in [5.74, 6) is 1.00. The molecule has 4 aromatic rings. The van der Waals surface area contributed by atoms with Crippen molar-refractivity contribution in [3.63, 3.8) is 0 Å². The smallest absolute Gasteiger partial charge is 0.262 e. The van der Waals surface area contributed by atoms with Crippen molar-refractivity contribution < 1.29 is 14.3 Å². The number of aryl methyl sites for hydroxylation is 2. The number of benzene rings is 3. The number of hydrogen-bond acceptors (Lipinski definition) is 6. The molecule has 1 unspecified atom stereocenters. The lowest BCUT2D eigenvalue weighted by atomic mass is 10.1. The standard InChI is InChI=1S/C29H29N3O4S/c1-3-20-12-8-9-13-22(20)30-27(33)26(4-2)37-29-31-23-17-25-24(35-18-36-25)16-21(23)28(34)32(29)15-14-19-10-6-5-7-11-19/h5-13,16-17,26H,3-4,14-15,18H2,1-2H3,(H,30,33). The van der Waals surface area contributed by atoms with E-state index in [1.54, 1.807) is 16.7 Å². The molecule has 2 heterocycles. The van der Waals surface area contributed by atoms with E-state index < -0.39 is 5.25 Å². The van der Waals surface area contributed by atoms with Crippen molar-refractivity contribution in [2.75, 3.05) is 12.1 Å². The molecule has 0 radical (unpaired) electrons. The SMILES string of the molecule is CCc1ccccc1NC(=O)C(CC)Sc1nc2cc3c(cc2c(=O)n1CCc1ccccc1)OCO3. The normalized spacial score (nSPS) is 13.0. The summed E-state index contributed by atoms with van der Waals surface area (Å²) >= 11 is 1.32. The Morgan fingerprint density at radius 1 is 1.05 bits per heavy atom. The largest absolute Gasteiger partial charge is 0.454 e. The molecule has 37 heavy (non-hydrogen) atoms. The van der Waals surface area contributed by atoms with E-state index in [1.165, 1.54) is 11.8 Å². The van der Waals surface area contributed by atoms with Crippen LogP contribution >= 0.6 is 11.8 Å². The molecule has 1 atom stereocenters. The lowest BCUT2D eigenvalue weighted by Gasteiger charge is -2.19. The lowest BCUT2D eigenvalue weighted by Crippen LogP contribution is -2.29. The van der Waals surface area contributed by atoms with Gasteiger partial charge in [-0.3, -0.25) is 14.2 Å². The summed E-state index contributed by atoms with van der Waals surface area (Å²) in [6.07, 6.45) is 2.07. The van der Waals surface area contributed by atoms with Crippen molar-refractivity contribution in [1.29, 1.82) is 0 Å². The van der Waals surface area contributed by atoms with E-state index in [0.29, 0.717) is 46.9 Å². The Hall–Kier alpha value is -3.78. The molecule has 1 aliphatic rings. The van der Waals surface area contributed by atoms with Crippen LogP contribution in [0.4, 0.5) is 5.69 Å². The van der Waals surface area contributed by atoms with Gasteiger partial charge in [-0.05, 0) is 42.5 Å². The summed E-state index contributed by atoms with van der Waals surface area (Å²) in [6.45, 7) is 4.59. The van der Waals surface area contributed by atoms with E-state index in [9.17, 15) is 9.59 Å². The Balaban J connectivity index is 1.49. The summed E-state index contributed by atoms with van der Waals surface area (Å²) in [6, 6.07) is 21.3. The van der Waals surface area contributed by atoms with E-state index in [4.69, 9.17) is 14.5 Å². The third-order valence-electron chi connectivity index (χ3n) is 6.45. The Kier molecular flexibility index (Phi) is 7.46. The molecule has 0 bridgehead atoms. The van der Waals surface area contributed by atoms with Crippen molar-refractivity contribution >= 4 is 34.3 Å². The van der Waals surface area contributed by atoms with Gasteiger partial charge in [0, 0.05) is 18.3 Å². The quantitative estimate of drug-likeness (QED) is 0.236. The molecule has 0 saturated heterocycles. The summed E-state index contributed by atoms with van der Waals surface area (Å²) in [5.41, 5.74) is 3.38. The molecular formula is C29H29N3O4S. The Morgan fingerprint density at radius 2 is 1.78 bits per heavy atom. The number of ether oxygens (including phenoxy) is 2.